The molecule has 1 atom stereocenters. The van der Waals surface area contributed by atoms with Crippen LogP contribution in [0, 0.1) is 13.8 Å². The van der Waals surface area contributed by atoms with E-state index in [4.69, 9.17) is 4.74 Å². The van der Waals surface area contributed by atoms with E-state index in [0.717, 1.165) is 26.6 Å². The Morgan fingerprint density at radius 3 is 2.52 bits per heavy atom. The summed E-state index contributed by atoms with van der Waals surface area (Å²) in [6, 6.07) is 9.75. The Kier molecular flexibility index (Phi) is 6.07. The average Bonchev–Trinajstić information content (AvgIpc) is 3.25. The van der Waals surface area contributed by atoms with Gasteiger partial charge in [0.25, 0.3) is 5.91 Å². The van der Waals surface area contributed by atoms with Crippen molar-refractivity contribution in [3.63, 3.8) is 0 Å². The minimum atomic E-state index is -0.473. The molecule has 0 radical (unpaired) electrons. The van der Waals surface area contributed by atoms with Gasteiger partial charge in [-0.25, -0.2) is 9.78 Å². The molecule has 1 amide bonds. The first-order valence-electron chi connectivity index (χ1n) is 9.67. The van der Waals surface area contributed by atoms with Crippen molar-refractivity contribution >= 4 is 33.4 Å². The first kappa shape index (κ1) is 21.0. The van der Waals surface area contributed by atoms with E-state index in [1.165, 1.54) is 0 Å². The zero-order valence-corrected chi connectivity index (χ0v) is 18.5. The lowest BCUT2D eigenvalue weighted by Crippen LogP contribution is -2.33. The molecule has 0 N–H and O–H groups in total. The number of benzene rings is 1. The molecule has 0 saturated carbocycles. The van der Waals surface area contributed by atoms with E-state index in [0.29, 0.717) is 5.56 Å². The van der Waals surface area contributed by atoms with Crippen LogP contribution in [0.2, 0.25) is 0 Å². The highest BCUT2D eigenvalue weighted by Gasteiger charge is 2.23. The highest BCUT2D eigenvalue weighted by atomic mass is 32.1. The van der Waals surface area contributed by atoms with Crippen LogP contribution in [-0.4, -0.2) is 40.0 Å². The predicted molar refractivity (Wildman–Crippen MR) is 115 cm³/mol. The second-order valence-electron chi connectivity index (χ2n) is 7.53. The summed E-state index contributed by atoms with van der Waals surface area (Å²) in [5, 5.41) is 0.855. The number of aryl methyl sites for hydroxylation is 1. The minimum absolute atomic E-state index is 0.204. The van der Waals surface area contributed by atoms with E-state index in [1.54, 1.807) is 23.3 Å². The number of nitrogens with zero attached hydrogens (tertiary/aromatic N) is 3. The van der Waals surface area contributed by atoms with Gasteiger partial charge >= 0.3 is 5.97 Å². The molecule has 1 aromatic carbocycles. The lowest BCUT2D eigenvalue weighted by Gasteiger charge is -2.23. The molecule has 2 aromatic heterocycles. The van der Waals surface area contributed by atoms with Crippen LogP contribution in [0.25, 0.3) is 10.2 Å². The Balaban J connectivity index is 1.65. The Bertz CT molecular complexity index is 1020. The number of carbonyl (C=O) groups excluding carboxylic acids is 2. The Morgan fingerprint density at radius 2 is 1.90 bits per heavy atom. The first-order chi connectivity index (χ1) is 13.7. The number of hydrogen-bond donors (Lipinski definition) is 0. The van der Waals surface area contributed by atoms with Crippen molar-refractivity contribution in [3.05, 3.63) is 52.3 Å². The second kappa shape index (κ2) is 8.37. The molecule has 154 valence electrons. The van der Waals surface area contributed by atoms with E-state index in [-0.39, 0.29) is 24.6 Å². The van der Waals surface area contributed by atoms with Crippen molar-refractivity contribution in [2.45, 2.75) is 46.7 Å². The zero-order chi connectivity index (χ0) is 21.3. The summed E-state index contributed by atoms with van der Waals surface area (Å²) in [7, 11) is 1.71. The molecule has 6 nitrogen and oxygen atoms in total. The van der Waals surface area contributed by atoms with E-state index in [2.05, 4.69) is 23.4 Å². The average molecular weight is 414 g/mol. The minimum Gasteiger partial charge on any atom is -0.452 e. The van der Waals surface area contributed by atoms with Crippen LogP contribution in [0.1, 0.15) is 59.6 Å². The summed E-state index contributed by atoms with van der Waals surface area (Å²) in [5.74, 6) is -0.734. The van der Waals surface area contributed by atoms with Crippen molar-refractivity contribution in [2.24, 2.45) is 0 Å². The molecule has 0 aliphatic carbocycles. The van der Waals surface area contributed by atoms with Crippen LogP contribution in [0.5, 0.6) is 0 Å². The van der Waals surface area contributed by atoms with Gasteiger partial charge in [-0.2, -0.15) is 0 Å². The van der Waals surface area contributed by atoms with Crippen LogP contribution in [0.3, 0.4) is 0 Å². The summed E-state index contributed by atoms with van der Waals surface area (Å²) in [4.78, 5) is 31.3. The van der Waals surface area contributed by atoms with Crippen molar-refractivity contribution in [2.75, 3.05) is 13.7 Å². The highest BCUT2D eigenvalue weighted by Crippen LogP contribution is 2.29. The number of carbonyl (C=O) groups is 2. The van der Waals surface area contributed by atoms with Gasteiger partial charge in [0.2, 0.25) is 0 Å². The number of hydrogen-bond acceptors (Lipinski definition) is 5. The summed E-state index contributed by atoms with van der Waals surface area (Å²) in [6.07, 6.45) is 0. The second-order valence-corrected chi connectivity index (χ2v) is 8.59. The quantitative estimate of drug-likeness (QED) is 0.551. The Morgan fingerprint density at radius 1 is 1.21 bits per heavy atom. The predicted octanol–water partition coefficient (Wildman–Crippen LogP) is 4.67. The fourth-order valence-electron chi connectivity index (χ4n) is 3.54. The van der Waals surface area contributed by atoms with Gasteiger partial charge in [-0.3, -0.25) is 4.79 Å². The molecule has 0 bridgehead atoms. The monoisotopic (exact) mass is 413 g/mol. The number of amides is 1. The fraction of sp³-hybridized carbons (Fsp3) is 0.409. The van der Waals surface area contributed by atoms with Crippen LogP contribution < -0.4 is 0 Å². The fourth-order valence-corrected chi connectivity index (χ4v) is 4.60. The normalized spacial score (nSPS) is 12.4. The van der Waals surface area contributed by atoms with E-state index < -0.39 is 5.97 Å². The maximum Gasteiger partial charge on any atom is 0.340 e. The molecule has 2 heterocycles. The highest BCUT2D eigenvalue weighted by molar-refractivity contribution is 7.18. The molecule has 3 rings (SSSR count). The van der Waals surface area contributed by atoms with Gasteiger partial charge in [-0.1, -0.05) is 12.1 Å². The van der Waals surface area contributed by atoms with Crippen LogP contribution in [-0.2, 0) is 9.53 Å². The van der Waals surface area contributed by atoms with Crippen molar-refractivity contribution in [1.82, 2.24) is 14.5 Å². The topological polar surface area (TPSA) is 64.4 Å². The standard InChI is InChI=1S/C22H27N3O3S/c1-13(2)25-14(3)11-17(15(25)4)22(27)28-12-20(26)24(6)16(5)21-23-18-9-7-8-10-19(18)29-21/h7-11,13,16H,12H2,1-6H3/t16-/m1/s1. The summed E-state index contributed by atoms with van der Waals surface area (Å²) in [5.41, 5.74) is 3.28. The summed E-state index contributed by atoms with van der Waals surface area (Å²) >= 11 is 1.57. The molecule has 0 aliphatic rings. The third-order valence-corrected chi connectivity index (χ3v) is 6.40. The first-order valence-corrected chi connectivity index (χ1v) is 10.5. The molecule has 0 spiro atoms. The van der Waals surface area contributed by atoms with Gasteiger partial charge in [0.15, 0.2) is 6.61 Å². The number of thiazole rings is 1. The number of para-hydroxylation sites is 1. The van der Waals surface area contributed by atoms with Gasteiger partial charge in [-0.15, -0.1) is 11.3 Å². The molecule has 29 heavy (non-hydrogen) atoms. The molecule has 0 fully saturated rings. The number of rotatable bonds is 6. The molecule has 0 saturated heterocycles. The maximum atomic E-state index is 12.6. The lowest BCUT2D eigenvalue weighted by atomic mass is 10.2. The van der Waals surface area contributed by atoms with Crippen LogP contribution in [0.15, 0.2) is 30.3 Å². The molecular weight excluding hydrogens is 386 g/mol. The van der Waals surface area contributed by atoms with Gasteiger partial charge in [0, 0.05) is 24.5 Å². The van der Waals surface area contributed by atoms with Gasteiger partial charge in [-0.05, 0) is 52.8 Å². The molecular formula is C22H27N3O3S. The lowest BCUT2D eigenvalue weighted by molar-refractivity contribution is -0.135. The van der Waals surface area contributed by atoms with E-state index in [1.807, 2.05) is 51.1 Å². The zero-order valence-electron chi connectivity index (χ0n) is 17.7. The third kappa shape index (κ3) is 4.19. The molecule has 7 heteroatoms. The van der Waals surface area contributed by atoms with Crippen molar-refractivity contribution in [1.29, 1.82) is 0 Å². The number of ether oxygens (including phenoxy) is 1. The van der Waals surface area contributed by atoms with Crippen LogP contribution in [0.4, 0.5) is 0 Å². The summed E-state index contributed by atoms with van der Waals surface area (Å²) < 4.78 is 8.49. The Labute approximate surface area is 175 Å². The number of likely N-dealkylation sites (N-methyl/N-ethyl adjacent to an activating group) is 1. The third-order valence-electron chi connectivity index (χ3n) is 5.19. The largest absolute Gasteiger partial charge is 0.452 e. The maximum absolute atomic E-state index is 12.6. The molecule has 0 aliphatic heterocycles. The van der Waals surface area contributed by atoms with Gasteiger partial charge in [0.05, 0.1) is 21.8 Å². The van der Waals surface area contributed by atoms with Crippen molar-refractivity contribution in [3.8, 4) is 0 Å². The van der Waals surface area contributed by atoms with Gasteiger partial charge < -0.3 is 14.2 Å². The molecule has 0 unspecified atom stereocenters. The number of esters is 1. The van der Waals surface area contributed by atoms with Gasteiger partial charge in [0.1, 0.15) is 5.01 Å². The Hall–Kier alpha value is -2.67. The number of aromatic nitrogens is 2. The van der Waals surface area contributed by atoms with E-state index >= 15 is 0 Å². The van der Waals surface area contributed by atoms with E-state index in [9.17, 15) is 9.59 Å². The summed E-state index contributed by atoms with van der Waals surface area (Å²) in [6.45, 7) is 9.62. The number of fused-ring (bicyclic) bond motifs is 1. The van der Waals surface area contributed by atoms with Crippen molar-refractivity contribution < 1.29 is 14.3 Å². The molecule has 3 aromatic rings. The smallest absolute Gasteiger partial charge is 0.340 e. The van der Waals surface area contributed by atoms with Crippen LogP contribution >= 0.6 is 11.3 Å². The SMILES string of the molecule is Cc1cc(C(=O)OCC(=O)N(C)[C@H](C)c2nc3ccccc3s2)c(C)n1C(C)C.